The monoisotopic (exact) mass is 334 g/mol. The SMILES string of the molecule is N#Cc1c(N)nc2c(c1-c1c(Cl)ccc(O)c1Cl)CNCC2. The van der Waals surface area contributed by atoms with E-state index in [9.17, 15) is 10.4 Å². The van der Waals surface area contributed by atoms with Crippen molar-refractivity contribution in [3.05, 3.63) is 39.0 Å². The maximum Gasteiger partial charge on any atom is 0.142 e. The molecule has 2 aromatic rings. The van der Waals surface area contributed by atoms with Crippen molar-refractivity contribution in [1.82, 2.24) is 10.3 Å². The van der Waals surface area contributed by atoms with Gasteiger partial charge >= 0.3 is 0 Å². The molecule has 0 fully saturated rings. The molecule has 1 aliphatic rings. The Kier molecular flexibility index (Phi) is 3.83. The average molecular weight is 335 g/mol. The summed E-state index contributed by atoms with van der Waals surface area (Å²) in [5, 5.41) is 23.0. The van der Waals surface area contributed by atoms with Crippen molar-refractivity contribution in [3.8, 4) is 22.9 Å². The number of hydrogen-bond acceptors (Lipinski definition) is 5. The molecule has 7 heteroatoms. The number of benzene rings is 1. The molecule has 112 valence electrons. The van der Waals surface area contributed by atoms with Gasteiger partial charge in [0.15, 0.2) is 0 Å². The second-order valence-electron chi connectivity index (χ2n) is 4.97. The summed E-state index contributed by atoms with van der Waals surface area (Å²) in [7, 11) is 0. The van der Waals surface area contributed by atoms with Crippen LogP contribution in [-0.4, -0.2) is 16.6 Å². The minimum absolute atomic E-state index is 0.0992. The number of nitrogen functional groups attached to an aromatic ring is 1. The normalized spacial score (nSPS) is 13.5. The minimum atomic E-state index is -0.0992. The van der Waals surface area contributed by atoms with Gasteiger partial charge in [-0.1, -0.05) is 23.2 Å². The third-order valence-electron chi connectivity index (χ3n) is 3.68. The standard InChI is InChI=1S/C15H12Cl2N4O/c16-9-1-2-11(22)14(17)13(9)12-7(5-18)15(19)21-10-3-4-20-6-8(10)12/h1-2,20,22H,3-4,6H2,(H2,19,21). The Labute approximate surface area is 137 Å². The molecule has 4 N–H and O–H groups in total. The first-order valence-corrected chi connectivity index (χ1v) is 7.39. The van der Waals surface area contributed by atoms with E-state index in [1.165, 1.54) is 6.07 Å². The first-order chi connectivity index (χ1) is 10.5. The zero-order valence-electron chi connectivity index (χ0n) is 11.5. The molecule has 0 aliphatic carbocycles. The predicted octanol–water partition coefficient (Wildman–Crippen LogP) is 2.86. The fourth-order valence-electron chi connectivity index (χ4n) is 2.67. The fourth-order valence-corrected chi connectivity index (χ4v) is 3.23. The number of nitrogens with zero attached hydrogens (tertiary/aromatic N) is 2. The molecule has 0 unspecified atom stereocenters. The van der Waals surface area contributed by atoms with E-state index in [2.05, 4.69) is 16.4 Å². The van der Waals surface area contributed by atoms with Gasteiger partial charge in [-0.25, -0.2) is 4.98 Å². The van der Waals surface area contributed by atoms with Gasteiger partial charge < -0.3 is 16.2 Å². The van der Waals surface area contributed by atoms with Crippen LogP contribution in [0.3, 0.4) is 0 Å². The smallest absolute Gasteiger partial charge is 0.142 e. The molecule has 0 atom stereocenters. The van der Waals surface area contributed by atoms with E-state index >= 15 is 0 Å². The van der Waals surface area contributed by atoms with Crippen LogP contribution in [0.1, 0.15) is 16.8 Å². The Morgan fingerprint density at radius 3 is 2.82 bits per heavy atom. The number of nitrogens with one attached hydrogen (secondary N) is 1. The van der Waals surface area contributed by atoms with Gasteiger partial charge in [0.2, 0.25) is 0 Å². The Morgan fingerprint density at radius 1 is 1.32 bits per heavy atom. The lowest BCUT2D eigenvalue weighted by molar-refractivity contribution is 0.476. The van der Waals surface area contributed by atoms with Gasteiger partial charge in [0, 0.05) is 36.3 Å². The van der Waals surface area contributed by atoms with Crippen molar-refractivity contribution < 1.29 is 5.11 Å². The van der Waals surface area contributed by atoms with Crippen molar-refractivity contribution in [3.63, 3.8) is 0 Å². The van der Waals surface area contributed by atoms with Crippen LogP contribution in [0, 0.1) is 11.3 Å². The Hall–Kier alpha value is -2.00. The molecule has 2 heterocycles. The van der Waals surface area contributed by atoms with Gasteiger partial charge in [-0.2, -0.15) is 5.26 Å². The largest absolute Gasteiger partial charge is 0.506 e. The van der Waals surface area contributed by atoms with Gasteiger partial charge in [-0.05, 0) is 17.7 Å². The molecule has 1 aromatic carbocycles. The topological polar surface area (TPSA) is 95.0 Å². The summed E-state index contributed by atoms with van der Waals surface area (Å²) in [5.74, 6) is 0.0477. The lowest BCUT2D eigenvalue weighted by atomic mass is 9.91. The summed E-state index contributed by atoms with van der Waals surface area (Å²) >= 11 is 12.5. The van der Waals surface area contributed by atoms with Crippen LogP contribution < -0.4 is 11.1 Å². The molecule has 3 rings (SSSR count). The Bertz CT molecular complexity index is 814. The maximum atomic E-state index is 9.89. The highest BCUT2D eigenvalue weighted by atomic mass is 35.5. The second kappa shape index (κ2) is 5.65. The lowest BCUT2D eigenvalue weighted by Gasteiger charge is -2.23. The number of pyridine rings is 1. The number of fused-ring (bicyclic) bond motifs is 1. The minimum Gasteiger partial charge on any atom is -0.506 e. The van der Waals surface area contributed by atoms with Crippen LogP contribution in [0.5, 0.6) is 5.75 Å². The maximum absolute atomic E-state index is 9.89. The molecule has 1 aromatic heterocycles. The summed E-state index contributed by atoms with van der Waals surface area (Å²) in [6.07, 6.45) is 0.701. The first kappa shape index (κ1) is 14.9. The number of aromatic hydroxyl groups is 1. The van der Waals surface area contributed by atoms with E-state index in [1.54, 1.807) is 6.07 Å². The van der Waals surface area contributed by atoms with Crippen molar-refractivity contribution in [2.24, 2.45) is 0 Å². The molecule has 0 spiro atoms. The summed E-state index contributed by atoms with van der Waals surface area (Å²) in [4.78, 5) is 4.32. The van der Waals surface area contributed by atoms with Crippen molar-refractivity contribution in [1.29, 1.82) is 5.26 Å². The lowest BCUT2D eigenvalue weighted by Crippen LogP contribution is -2.26. The zero-order valence-corrected chi connectivity index (χ0v) is 13.0. The quantitative estimate of drug-likeness (QED) is 0.745. The predicted molar refractivity (Wildman–Crippen MR) is 85.9 cm³/mol. The summed E-state index contributed by atoms with van der Waals surface area (Å²) in [6, 6.07) is 5.02. The number of phenolic OH excluding ortho intramolecular Hbond substituents is 1. The van der Waals surface area contributed by atoms with E-state index in [-0.39, 0.29) is 22.2 Å². The van der Waals surface area contributed by atoms with Crippen molar-refractivity contribution >= 4 is 29.0 Å². The van der Waals surface area contributed by atoms with Crippen LogP contribution in [0.25, 0.3) is 11.1 Å². The highest BCUT2D eigenvalue weighted by molar-refractivity contribution is 6.40. The molecule has 0 saturated heterocycles. The summed E-state index contributed by atoms with van der Waals surface area (Å²) in [5.41, 5.74) is 8.76. The third-order valence-corrected chi connectivity index (χ3v) is 4.38. The number of rotatable bonds is 1. The third kappa shape index (κ3) is 2.26. The van der Waals surface area contributed by atoms with Crippen LogP contribution in [0.4, 0.5) is 5.82 Å². The van der Waals surface area contributed by atoms with Crippen molar-refractivity contribution in [2.45, 2.75) is 13.0 Å². The highest BCUT2D eigenvalue weighted by Gasteiger charge is 2.25. The number of aromatic nitrogens is 1. The zero-order chi connectivity index (χ0) is 15.9. The number of halogens is 2. The molecule has 1 aliphatic heterocycles. The number of hydrogen-bond donors (Lipinski definition) is 3. The van der Waals surface area contributed by atoms with Crippen LogP contribution in [-0.2, 0) is 13.0 Å². The number of anilines is 1. The van der Waals surface area contributed by atoms with E-state index in [0.717, 1.165) is 17.8 Å². The van der Waals surface area contributed by atoms with E-state index in [0.29, 0.717) is 29.1 Å². The van der Waals surface area contributed by atoms with Crippen LogP contribution in [0.2, 0.25) is 10.0 Å². The number of phenols is 1. The molecular formula is C15H12Cl2N4O. The van der Waals surface area contributed by atoms with Crippen LogP contribution in [0.15, 0.2) is 12.1 Å². The Morgan fingerprint density at radius 2 is 2.09 bits per heavy atom. The summed E-state index contributed by atoms with van der Waals surface area (Å²) in [6.45, 7) is 1.32. The van der Waals surface area contributed by atoms with E-state index < -0.39 is 0 Å². The summed E-state index contributed by atoms with van der Waals surface area (Å²) < 4.78 is 0. The first-order valence-electron chi connectivity index (χ1n) is 6.64. The molecule has 0 radical (unpaired) electrons. The number of nitriles is 1. The highest BCUT2D eigenvalue weighted by Crippen LogP contribution is 2.44. The van der Waals surface area contributed by atoms with Gasteiger partial charge in [0.05, 0.1) is 10.0 Å². The van der Waals surface area contributed by atoms with E-state index in [4.69, 9.17) is 28.9 Å². The average Bonchev–Trinajstić information content (AvgIpc) is 2.51. The van der Waals surface area contributed by atoms with Gasteiger partial charge in [0.25, 0.3) is 0 Å². The van der Waals surface area contributed by atoms with Crippen molar-refractivity contribution in [2.75, 3.05) is 12.3 Å². The molecule has 0 saturated carbocycles. The molecule has 0 amide bonds. The molecular weight excluding hydrogens is 323 g/mol. The number of nitrogens with two attached hydrogens (primary N) is 1. The van der Waals surface area contributed by atoms with Gasteiger partial charge in [0.1, 0.15) is 23.2 Å². The molecule has 0 bridgehead atoms. The molecule has 5 nitrogen and oxygen atoms in total. The Balaban J connectivity index is 2.43. The molecule has 22 heavy (non-hydrogen) atoms. The van der Waals surface area contributed by atoms with E-state index in [1.807, 2.05) is 0 Å². The second-order valence-corrected chi connectivity index (χ2v) is 5.75. The fraction of sp³-hybridized carbons (Fsp3) is 0.200. The van der Waals surface area contributed by atoms with Gasteiger partial charge in [-0.15, -0.1) is 0 Å². The van der Waals surface area contributed by atoms with Gasteiger partial charge in [-0.3, -0.25) is 0 Å². The van der Waals surface area contributed by atoms with Crippen LogP contribution >= 0.6 is 23.2 Å².